The molecule has 0 heterocycles. The Morgan fingerprint density at radius 3 is 1.27 bits per heavy atom. The third kappa shape index (κ3) is 31.3. The molecule has 0 aliphatic heterocycles. The van der Waals surface area contributed by atoms with Gasteiger partial charge in [0.25, 0.3) is 0 Å². The quantitative estimate of drug-likeness (QED) is 0.252. The van der Waals surface area contributed by atoms with Crippen LogP contribution in [0.2, 0.25) is 0 Å². The molecule has 0 N–H and O–H groups in total. The van der Waals surface area contributed by atoms with E-state index >= 15 is 0 Å². The smallest absolute Gasteiger partial charge is 0.387 e. The Balaban J connectivity index is -0.000000180. The van der Waals surface area contributed by atoms with Gasteiger partial charge in [-0.25, -0.2) is 0 Å². The van der Waals surface area contributed by atoms with E-state index < -0.39 is 0 Å². The average molecular weight is 333 g/mol. The van der Waals surface area contributed by atoms with Crippen LogP contribution in [-0.4, -0.2) is 22.0 Å². The first kappa shape index (κ1) is 21.0. The van der Waals surface area contributed by atoms with Crippen molar-refractivity contribution in [3.63, 3.8) is 0 Å². The van der Waals surface area contributed by atoms with Crippen LogP contribution in [0.5, 0.6) is 0 Å². The second kappa shape index (κ2) is 17.0. The summed E-state index contributed by atoms with van der Waals surface area (Å²) in [5.41, 5.74) is 0. The van der Waals surface area contributed by atoms with Gasteiger partial charge >= 0.3 is 16.5 Å². The van der Waals surface area contributed by atoms with Crippen LogP contribution in [0.3, 0.4) is 0 Å². The summed E-state index contributed by atoms with van der Waals surface area (Å²) in [6.07, 6.45) is 0. The van der Waals surface area contributed by atoms with E-state index in [0.717, 1.165) is 0 Å². The molecule has 0 aromatic carbocycles. The predicted molar refractivity (Wildman–Crippen MR) is 65.3 cm³/mol. The zero-order valence-electron chi connectivity index (χ0n) is 8.00. The van der Waals surface area contributed by atoms with E-state index in [9.17, 15) is 0 Å². The summed E-state index contributed by atoms with van der Waals surface area (Å²) < 4.78 is 0.00343. The first-order valence-electron chi connectivity index (χ1n) is 3.55. The first-order chi connectivity index (χ1) is 6.54. The zero-order valence-corrected chi connectivity index (χ0v) is 12.3. The van der Waals surface area contributed by atoms with Crippen molar-refractivity contribution < 1.29 is 36.0 Å². The van der Waals surface area contributed by atoms with Crippen LogP contribution in [0.25, 0.3) is 0 Å². The molecule has 0 bridgehead atoms. The summed E-state index contributed by atoms with van der Waals surface area (Å²) in [5, 5.41) is 0. The van der Waals surface area contributed by atoms with Crippen LogP contribution >= 0.6 is 24.4 Å². The van der Waals surface area contributed by atoms with Crippen LogP contribution in [0.15, 0.2) is 0 Å². The Morgan fingerprint density at radius 1 is 0.933 bits per heavy atom. The molecule has 0 aromatic rings. The van der Waals surface area contributed by atoms with Crippen molar-refractivity contribution in [3.8, 4) is 0 Å². The van der Waals surface area contributed by atoms with Gasteiger partial charge in [-0.2, -0.15) is 9.78 Å². The standard InChI is InChI=1S/2C3H6O2S2.Ni/c2*1-2-4-5-3(6)7;/h2*2H2,1H3,(H,6,7);/q;;+2/p-2. The Labute approximate surface area is 121 Å². The number of thiocarbonyl (C=S) groups is 2. The second-order valence-electron chi connectivity index (χ2n) is 1.48. The van der Waals surface area contributed by atoms with Gasteiger partial charge in [-0.3, -0.25) is 0 Å². The van der Waals surface area contributed by atoms with Gasteiger partial charge in [0.05, 0.1) is 22.0 Å². The molecule has 0 atom stereocenters. The maximum atomic E-state index is 4.35. The number of hydrogen-bond acceptors (Lipinski definition) is 8. The van der Waals surface area contributed by atoms with Crippen molar-refractivity contribution in [1.29, 1.82) is 0 Å². The third-order valence-corrected chi connectivity index (χ3v) is 0.762. The molecule has 0 aromatic heterocycles. The minimum absolute atomic E-state index is 0. The van der Waals surface area contributed by atoms with E-state index in [1.54, 1.807) is 13.8 Å². The molecule has 0 aliphatic rings. The van der Waals surface area contributed by atoms with Gasteiger partial charge < -0.3 is 59.5 Å². The van der Waals surface area contributed by atoms with E-state index in [4.69, 9.17) is 0 Å². The molecule has 0 saturated heterocycles. The molecular formula is C6H10NiO4S4. The first-order valence-corrected chi connectivity index (χ1v) is 5.18. The molecule has 15 heavy (non-hydrogen) atoms. The maximum absolute atomic E-state index is 4.35. The van der Waals surface area contributed by atoms with Crippen molar-refractivity contribution in [2.75, 3.05) is 13.2 Å². The van der Waals surface area contributed by atoms with E-state index in [0.29, 0.717) is 13.2 Å². The van der Waals surface area contributed by atoms with Gasteiger partial charge in [-0.05, 0) is 13.8 Å². The van der Waals surface area contributed by atoms with Crippen LogP contribution < -0.4 is 0 Å². The van der Waals surface area contributed by atoms with E-state index in [1.165, 1.54) is 0 Å². The van der Waals surface area contributed by atoms with Crippen molar-refractivity contribution in [1.82, 2.24) is 0 Å². The predicted octanol–water partition coefficient (Wildman–Crippen LogP) is 1.57. The molecule has 0 spiro atoms. The third-order valence-electron chi connectivity index (χ3n) is 0.490. The normalized spacial score (nSPS) is 7.60. The summed E-state index contributed by atoms with van der Waals surface area (Å²) in [7, 11) is 0. The van der Waals surface area contributed by atoms with E-state index in [1.807, 2.05) is 0 Å². The van der Waals surface area contributed by atoms with Gasteiger partial charge in [0.15, 0.2) is 0 Å². The van der Waals surface area contributed by atoms with Crippen molar-refractivity contribution >= 4 is 58.5 Å². The summed E-state index contributed by atoms with van der Waals surface area (Å²) in [4.78, 5) is 17.2. The molecule has 92 valence electrons. The molecule has 9 heteroatoms. The Kier molecular flexibility index (Phi) is 23.8. The van der Waals surface area contributed by atoms with Gasteiger partial charge in [0.2, 0.25) is 0 Å². The van der Waals surface area contributed by atoms with Gasteiger partial charge in [-0.15, -0.1) is 0 Å². The fourth-order valence-corrected chi connectivity index (χ4v) is 0.407. The number of rotatable bonds is 4. The summed E-state index contributed by atoms with van der Waals surface area (Å²) in [6.45, 7) is 4.51. The molecule has 0 radical (unpaired) electrons. The molecule has 0 saturated carbocycles. The second-order valence-corrected chi connectivity index (χ2v) is 3.48. The van der Waals surface area contributed by atoms with Crippen molar-refractivity contribution in [2.24, 2.45) is 0 Å². The van der Waals surface area contributed by atoms with Crippen LogP contribution in [0.1, 0.15) is 13.8 Å². The average Bonchev–Trinajstić information content (AvgIpc) is 2.12. The van der Waals surface area contributed by atoms with Gasteiger partial charge in [0, 0.05) is 0 Å². The molecule has 0 aliphatic carbocycles. The molecule has 0 unspecified atom stereocenters. The largest absolute Gasteiger partial charge is 2.00 e. The van der Waals surface area contributed by atoms with Crippen LogP contribution in [0.4, 0.5) is 0 Å². The Morgan fingerprint density at radius 2 is 1.20 bits per heavy atom. The molecular weight excluding hydrogens is 323 g/mol. The summed E-state index contributed by atoms with van der Waals surface area (Å²) >= 11 is 17.3. The van der Waals surface area contributed by atoms with E-state index in [2.05, 4.69) is 69.2 Å². The van der Waals surface area contributed by atoms with Crippen LogP contribution in [-0.2, 0) is 61.3 Å². The molecule has 0 fully saturated rings. The fraction of sp³-hybridized carbons (Fsp3) is 0.667. The summed E-state index contributed by atoms with van der Waals surface area (Å²) in [5.74, 6) is 0. The topological polar surface area (TPSA) is 36.9 Å². The SMILES string of the molecule is CCOOC(=S)[S-].CCOOC(=S)[S-].[Ni+2]. The minimum atomic E-state index is 0. The maximum Gasteiger partial charge on any atom is 2.00 e. The number of hydrogen-bond donors (Lipinski definition) is 0. The Bertz CT molecular complexity index is 151. The van der Waals surface area contributed by atoms with Gasteiger partial charge in [-0.1, -0.05) is 0 Å². The fourth-order valence-electron chi connectivity index (χ4n) is 0.214. The molecule has 0 rings (SSSR count). The van der Waals surface area contributed by atoms with Crippen molar-refractivity contribution in [3.05, 3.63) is 0 Å². The zero-order chi connectivity index (χ0) is 11.4. The molecule has 0 amide bonds. The van der Waals surface area contributed by atoms with E-state index in [-0.39, 0.29) is 25.3 Å². The van der Waals surface area contributed by atoms with Crippen LogP contribution in [0, 0.1) is 0 Å². The summed E-state index contributed by atoms with van der Waals surface area (Å²) in [6, 6.07) is 0. The minimum Gasteiger partial charge on any atom is -0.387 e. The van der Waals surface area contributed by atoms with Crippen molar-refractivity contribution in [2.45, 2.75) is 13.8 Å². The Hall–Kier alpha value is 0.634. The molecule has 4 nitrogen and oxygen atoms in total. The van der Waals surface area contributed by atoms with Gasteiger partial charge in [0.1, 0.15) is 0 Å². The monoisotopic (exact) mass is 332 g/mol.